The molecule has 0 radical (unpaired) electrons. The number of alkyl carbamates (subject to hydrolysis) is 2. The van der Waals surface area contributed by atoms with E-state index in [9.17, 15) is 19.2 Å². The molecule has 3 aromatic carbocycles. The van der Waals surface area contributed by atoms with Gasteiger partial charge in [0.1, 0.15) is 36.1 Å². The van der Waals surface area contributed by atoms with Crippen LogP contribution in [-0.2, 0) is 35.1 Å². The van der Waals surface area contributed by atoms with Crippen molar-refractivity contribution >= 4 is 45.8 Å². The van der Waals surface area contributed by atoms with Gasteiger partial charge in [-0.15, -0.1) is 0 Å². The minimum Gasteiger partial charge on any atom is -0.488 e. The Morgan fingerprint density at radius 3 is 2.27 bits per heavy atom. The lowest BCUT2D eigenvalue weighted by Crippen LogP contribution is -2.54. The molecule has 2 aromatic heterocycles. The lowest BCUT2D eigenvalue weighted by Gasteiger charge is -2.30. The second-order valence-corrected chi connectivity index (χ2v) is 17.3. The number of methoxy groups -OCH3 is 4. The quantitative estimate of drug-likeness (QED) is 0.110. The highest BCUT2D eigenvalue weighted by atomic mass is 16.5. The second kappa shape index (κ2) is 17.9. The molecule has 17 heteroatoms. The average Bonchev–Trinajstić information content (AvgIpc) is 4.11. The summed E-state index contributed by atoms with van der Waals surface area (Å²) in [5.41, 5.74) is 6.42. The maximum Gasteiger partial charge on any atom is 0.407 e. The van der Waals surface area contributed by atoms with E-state index in [1.807, 2.05) is 30.9 Å². The molecule has 334 valence electrons. The van der Waals surface area contributed by atoms with Gasteiger partial charge in [0.05, 0.1) is 61.9 Å². The molecular weight excluding hydrogens is 809 g/mol. The van der Waals surface area contributed by atoms with Crippen LogP contribution in [0.1, 0.15) is 69.8 Å². The van der Waals surface area contributed by atoms with Crippen molar-refractivity contribution in [1.29, 1.82) is 0 Å². The zero-order valence-corrected chi connectivity index (χ0v) is 36.9. The lowest BCUT2D eigenvalue weighted by molar-refractivity contribution is -0.138. The van der Waals surface area contributed by atoms with Gasteiger partial charge in [-0.1, -0.05) is 39.0 Å². The van der Waals surface area contributed by atoms with Crippen LogP contribution in [0.15, 0.2) is 48.7 Å². The Hall–Kier alpha value is -6.20. The minimum absolute atomic E-state index is 0.0554. The van der Waals surface area contributed by atoms with Gasteiger partial charge < -0.3 is 54.1 Å². The van der Waals surface area contributed by atoms with Crippen LogP contribution in [0.5, 0.6) is 5.75 Å². The number of hydrogen-bond donors (Lipinski definition) is 4. The van der Waals surface area contributed by atoms with Gasteiger partial charge in [-0.2, -0.15) is 0 Å². The van der Waals surface area contributed by atoms with E-state index in [2.05, 4.69) is 57.9 Å². The zero-order chi connectivity index (χ0) is 44.7. The molecule has 3 aliphatic heterocycles. The summed E-state index contributed by atoms with van der Waals surface area (Å²) in [6.45, 7) is 9.45. The molecule has 5 aromatic rings. The molecule has 5 heterocycles. The summed E-state index contributed by atoms with van der Waals surface area (Å²) in [5.74, 6) is 1.80. The Bertz CT molecular complexity index is 2540. The highest BCUT2D eigenvalue weighted by Gasteiger charge is 2.43. The Morgan fingerprint density at radius 1 is 0.841 bits per heavy atom. The number of ether oxygens (including phenoxy) is 5. The van der Waals surface area contributed by atoms with Crippen LogP contribution in [0.2, 0.25) is 0 Å². The van der Waals surface area contributed by atoms with Crippen molar-refractivity contribution < 1.29 is 42.9 Å². The van der Waals surface area contributed by atoms with Crippen LogP contribution in [0.3, 0.4) is 0 Å². The van der Waals surface area contributed by atoms with E-state index in [1.54, 1.807) is 25.1 Å². The molecule has 0 bridgehead atoms. The number of likely N-dealkylation sites (tertiary alicyclic amines) is 2. The number of carbonyl (C=O) groups excluding carboxylic acids is 4. The van der Waals surface area contributed by atoms with E-state index in [0.29, 0.717) is 44.4 Å². The SMILES string of the molecule is COC[C@H]1C[C@@H](c2nc3c(ccc4cc5c(cc43)OCc3cc(-c4cnc([C@@H]6C[C@H](C)CN6C(=O)[C@@H](NC(=O)OC)C(C)C)[nH]4)ccc3-5)[nH]2)N(C(=O)[C@@H](NC(=O)OC)[C@@H](C)OC)C1. The van der Waals surface area contributed by atoms with Gasteiger partial charge in [-0.3, -0.25) is 9.59 Å². The molecule has 2 fully saturated rings. The number of fused-ring (bicyclic) bond motifs is 6. The van der Waals surface area contributed by atoms with Crippen molar-refractivity contribution in [1.82, 2.24) is 40.4 Å². The normalized spacial score (nSPS) is 20.8. The third-order valence-corrected chi connectivity index (χ3v) is 12.7. The van der Waals surface area contributed by atoms with Gasteiger partial charge in [0.15, 0.2) is 0 Å². The Balaban J connectivity index is 1.05. The Morgan fingerprint density at radius 2 is 1.56 bits per heavy atom. The molecular formula is C46H56N8O9. The number of rotatable bonds is 12. The molecule has 63 heavy (non-hydrogen) atoms. The summed E-state index contributed by atoms with van der Waals surface area (Å²) in [6, 6.07) is 12.2. The number of amides is 4. The van der Waals surface area contributed by atoms with Crippen LogP contribution < -0.4 is 15.4 Å². The Labute approximate surface area is 365 Å². The van der Waals surface area contributed by atoms with E-state index >= 15 is 0 Å². The Kier molecular flexibility index (Phi) is 12.3. The fourth-order valence-corrected chi connectivity index (χ4v) is 9.37. The topological polar surface area (TPSA) is 202 Å². The summed E-state index contributed by atoms with van der Waals surface area (Å²) in [7, 11) is 5.68. The molecule has 4 amide bonds. The molecule has 4 N–H and O–H groups in total. The largest absolute Gasteiger partial charge is 0.488 e. The first-order chi connectivity index (χ1) is 30.3. The molecule has 0 spiro atoms. The van der Waals surface area contributed by atoms with E-state index in [0.717, 1.165) is 61.9 Å². The minimum atomic E-state index is -0.970. The van der Waals surface area contributed by atoms with Crippen LogP contribution in [0, 0.1) is 17.8 Å². The first-order valence-electron chi connectivity index (χ1n) is 21.4. The fourth-order valence-electron chi connectivity index (χ4n) is 9.37. The molecule has 0 unspecified atom stereocenters. The average molecular weight is 865 g/mol. The molecule has 0 aliphatic carbocycles. The highest BCUT2D eigenvalue weighted by molar-refractivity contribution is 6.07. The molecule has 2 saturated heterocycles. The summed E-state index contributed by atoms with van der Waals surface area (Å²) >= 11 is 0. The van der Waals surface area contributed by atoms with E-state index in [1.165, 1.54) is 21.3 Å². The van der Waals surface area contributed by atoms with Gasteiger partial charge in [0.2, 0.25) is 11.8 Å². The maximum absolute atomic E-state index is 14.1. The summed E-state index contributed by atoms with van der Waals surface area (Å²) in [5, 5.41) is 7.27. The number of hydrogen-bond acceptors (Lipinski definition) is 11. The second-order valence-electron chi connectivity index (χ2n) is 17.3. The number of H-pyrrole nitrogens is 2. The van der Waals surface area contributed by atoms with E-state index in [-0.39, 0.29) is 35.6 Å². The van der Waals surface area contributed by atoms with Crippen LogP contribution in [0.25, 0.3) is 44.2 Å². The first kappa shape index (κ1) is 43.4. The fraction of sp³-hybridized carbons (Fsp3) is 0.478. The van der Waals surface area contributed by atoms with E-state index in [4.69, 9.17) is 33.7 Å². The van der Waals surface area contributed by atoms with Gasteiger partial charge >= 0.3 is 12.2 Å². The molecule has 7 atom stereocenters. The number of aromatic nitrogens is 4. The molecule has 0 saturated carbocycles. The number of nitrogens with zero attached hydrogens (tertiary/aromatic N) is 4. The lowest BCUT2D eigenvalue weighted by atomic mass is 9.92. The number of nitrogens with one attached hydrogen (secondary N) is 4. The van der Waals surface area contributed by atoms with Crippen LogP contribution >= 0.6 is 0 Å². The molecule has 3 aliphatic rings. The van der Waals surface area contributed by atoms with Gasteiger partial charge in [0, 0.05) is 44.2 Å². The third-order valence-electron chi connectivity index (χ3n) is 12.7. The van der Waals surface area contributed by atoms with Gasteiger partial charge in [0.25, 0.3) is 0 Å². The van der Waals surface area contributed by atoms with Crippen molar-refractivity contribution in [3.63, 3.8) is 0 Å². The zero-order valence-electron chi connectivity index (χ0n) is 36.9. The van der Waals surface area contributed by atoms with Gasteiger partial charge in [-0.25, -0.2) is 19.6 Å². The van der Waals surface area contributed by atoms with Crippen molar-refractivity contribution in [2.24, 2.45) is 17.8 Å². The number of aromatic amines is 2. The number of imidazole rings is 2. The third kappa shape index (κ3) is 8.38. The predicted molar refractivity (Wildman–Crippen MR) is 234 cm³/mol. The summed E-state index contributed by atoms with van der Waals surface area (Å²) in [6.07, 6.45) is 1.20. The van der Waals surface area contributed by atoms with Gasteiger partial charge in [-0.05, 0) is 77.9 Å². The van der Waals surface area contributed by atoms with Crippen molar-refractivity contribution in [2.45, 2.75) is 77.4 Å². The van der Waals surface area contributed by atoms with Crippen molar-refractivity contribution in [3.05, 3.63) is 65.9 Å². The number of carbonyl (C=O) groups is 4. The van der Waals surface area contributed by atoms with E-state index < -0.39 is 36.4 Å². The summed E-state index contributed by atoms with van der Waals surface area (Å²) < 4.78 is 27.1. The van der Waals surface area contributed by atoms with Crippen molar-refractivity contribution in [3.8, 4) is 28.1 Å². The number of benzene rings is 3. The van der Waals surface area contributed by atoms with Crippen LogP contribution in [-0.4, -0.2) is 120 Å². The predicted octanol–water partition coefficient (Wildman–Crippen LogP) is 6.25. The monoisotopic (exact) mass is 864 g/mol. The van der Waals surface area contributed by atoms with Crippen LogP contribution in [0.4, 0.5) is 9.59 Å². The highest BCUT2D eigenvalue weighted by Crippen LogP contribution is 2.44. The maximum atomic E-state index is 14.1. The molecule has 17 nitrogen and oxygen atoms in total. The van der Waals surface area contributed by atoms with Crippen molar-refractivity contribution in [2.75, 3.05) is 48.1 Å². The standard InChI is InChI=1S/C46H56N8O9/c1-23(2)38(51-45(57)61-7)43(55)53-19-24(3)13-35(53)41-47-18-34(49-41)28-9-11-30-29(15-28)22-63-37-17-31-27(16-32(30)37)10-12-33-40(31)50-42(48-33)36-14-26(21-59-5)20-54(36)44(56)39(25(4)60-6)52-46(58)62-8/h9-12,15-18,23-26,35-36,38-39H,13-14,19-22H2,1-8H3,(H,47,49)(H,48,50)(H,51,57)(H,52,58)/t24-,25+,26-,35-,36-,38-,39-/m0/s1. The smallest absolute Gasteiger partial charge is 0.407 e. The summed E-state index contributed by atoms with van der Waals surface area (Å²) in [4.78, 5) is 72.8. The molecule has 8 rings (SSSR count). The first-order valence-corrected chi connectivity index (χ1v) is 21.4.